The normalized spacial score (nSPS) is 21.3. The maximum atomic E-state index is 2.31. The minimum Gasteiger partial charge on any atom is -0.0845 e. The van der Waals surface area contributed by atoms with Gasteiger partial charge in [-0.25, -0.2) is 0 Å². The molecule has 0 aromatic heterocycles. The van der Waals surface area contributed by atoms with Gasteiger partial charge >= 0.3 is 0 Å². The van der Waals surface area contributed by atoms with Crippen LogP contribution in [0.15, 0.2) is 72.9 Å². The molecule has 0 atom stereocenters. The zero-order valence-electron chi connectivity index (χ0n) is 23.9. The summed E-state index contributed by atoms with van der Waals surface area (Å²) in [5, 5.41) is 0. The number of rotatable bonds is 0. The van der Waals surface area contributed by atoms with Crippen LogP contribution >= 0.6 is 0 Å². The van der Waals surface area contributed by atoms with E-state index in [1.807, 2.05) is 0 Å². The van der Waals surface area contributed by atoms with Gasteiger partial charge in [-0.15, -0.1) is 0 Å². The summed E-state index contributed by atoms with van der Waals surface area (Å²) in [6, 6.07) is 0. The lowest BCUT2D eigenvalue weighted by atomic mass is 10.0. The van der Waals surface area contributed by atoms with Gasteiger partial charge in [-0.3, -0.25) is 0 Å². The van der Waals surface area contributed by atoms with Crippen molar-refractivity contribution in [1.29, 1.82) is 0 Å². The van der Waals surface area contributed by atoms with E-state index in [1.54, 1.807) is 0 Å². The molecule has 1 aliphatic rings. The second kappa shape index (κ2) is 29.7. The third-order valence-corrected chi connectivity index (χ3v) is 7.26. The van der Waals surface area contributed by atoms with Gasteiger partial charge in [-0.2, -0.15) is 0 Å². The van der Waals surface area contributed by atoms with Crippen molar-refractivity contribution in [3.05, 3.63) is 72.9 Å². The van der Waals surface area contributed by atoms with Crippen LogP contribution in [-0.2, 0) is 0 Å². The Morgan fingerprint density at radius 3 is 0.556 bits per heavy atom. The lowest BCUT2D eigenvalue weighted by molar-refractivity contribution is 0.518. The standard InChI is InChI=1S/C36H60/c1-2-4-6-8-10-12-14-16-18-20-22-24-26-28-30-32-34-36-35-33-31-29-27-25-23-21-19-17-15-13-11-9-7-5-3-1/h1-12H,13-36H2. The van der Waals surface area contributed by atoms with E-state index < -0.39 is 0 Å². The molecule has 1 rings (SSSR count). The molecule has 0 spiro atoms. The summed E-state index contributed by atoms with van der Waals surface area (Å²) in [7, 11) is 0. The molecule has 0 heteroatoms. The Labute approximate surface area is 226 Å². The molecule has 0 heterocycles. The van der Waals surface area contributed by atoms with Gasteiger partial charge in [-0.1, -0.05) is 201 Å². The SMILES string of the molecule is C1=CC=CC=CCCCCCCCCCCCCCCCCCCCCCCCCC=CC=CC=C1. The molecular weight excluding hydrogens is 432 g/mol. The first-order chi connectivity index (χ1) is 18.0. The highest BCUT2D eigenvalue weighted by molar-refractivity contribution is 5.19. The molecule has 0 nitrogen and oxygen atoms in total. The molecule has 0 aromatic carbocycles. The van der Waals surface area contributed by atoms with Crippen molar-refractivity contribution in [1.82, 2.24) is 0 Å². The van der Waals surface area contributed by atoms with Crippen molar-refractivity contribution in [2.45, 2.75) is 154 Å². The van der Waals surface area contributed by atoms with E-state index in [2.05, 4.69) is 72.9 Å². The number of allylic oxidation sites excluding steroid dienone is 12. The van der Waals surface area contributed by atoms with E-state index in [0.29, 0.717) is 0 Å². The van der Waals surface area contributed by atoms with Crippen molar-refractivity contribution < 1.29 is 0 Å². The van der Waals surface area contributed by atoms with Gasteiger partial charge in [-0.05, 0) is 25.7 Å². The summed E-state index contributed by atoms with van der Waals surface area (Å²) in [4.78, 5) is 0. The minimum atomic E-state index is 1.21. The van der Waals surface area contributed by atoms with Crippen LogP contribution in [0.5, 0.6) is 0 Å². The van der Waals surface area contributed by atoms with E-state index in [9.17, 15) is 0 Å². The summed E-state index contributed by atoms with van der Waals surface area (Å²) in [5.74, 6) is 0. The van der Waals surface area contributed by atoms with Crippen molar-refractivity contribution in [2.24, 2.45) is 0 Å². The Morgan fingerprint density at radius 1 is 0.167 bits per heavy atom. The fourth-order valence-corrected chi connectivity index (χ4v) is 4.92. The Balaban J connectivity index is 2.20. The predicted octanol–water partition coefficient (Wildman–Crippen LogP) is 12.7. The molecule has 0 saturated carbocycles. The molecule has 204 valence electrons. The molecule has 0 aliphatic heterocycles. The van der Waals surface area contributed by atoms with Crippen LogP contribution < -0.4 is 0 Å². The average Bonchev–Trinajstić information content (AvgIpc) is 2.89. The first-order valence-corrected chi connectivity index (χ1v) is 16.0. The van der Waals surface area contributed by atoms with Gasteiger partial charge in [0.1, 0.15) is 0 Å². The summed E-state index contributed by atoms with van der Waals surface area (Å²) >= 11 is 0. The van der Waals surface area contributed by atoms with Gasteiger partial charge in [0.05, 0.1) is 0 Å². The maximum absolute atomic E-state index is 2.31. The van der Waals surface area contributed by atoms with Crippen LogP contribution in [0.2, 0.25) is 0 Å². The first kappa shape index (κ1) is 32.5. The molecule has 1 aliphatic carbocycles. The number of hydrogen-bond donors (Lipinski definition) is 0. The third-order valence-electron chi connectivity index (χ3n) is 7.26. The summed E-state index contributed by atoms with van der Waals surface area (Å²) < 4.78 is 0. The molecule has 0 unspecified atom stereocenters. The highest BCUT2D eigenvalue weighted by Crippen LogP contribution is 2.15. The third kappa shape index (κ3) is 27.0. The smallest absolute Gasteiger partial charge is 0.0348 e. The first-order valence-electron chi connectivity index (χ1n) is 16.0. The molecule has 0 aromatic rings. The monoisotopic (exact) mass is 492 g/mol. The van der Waals surface area contributed by atoms with Gasteiger partial charge < -0.3 is 0 Å². The van der Waals surface area contributed by atoms with E-state index >= 15 is 0 Å². The average molecular weight is 493 g/mol. The second-order valence-corrected chi connectivity index (χ2v) is 10.8. The summed E-state index contributed by atoms with van der Waals surface area (Å²) in [6.07, 6.45) is 60.0. The quantitative estimate of drug-likeness (QED) is 0.315. The minimum absolute atomic E-state index is 1.21. The lowest BCUT2D eigenvalue weighted by Crippen LogP contribution is -1.84. The zero-order valence-corrected chi connectivity index (χ0v) is 23.9. The van der Waals surface area contributed by atoms with Gasteiger partial charge in [0.15, 0.2) is 0 Å². The van der Waals surface area contributed by atoms with Crippen LogP contribution in [0, 0.1) is 0 Å². The van der Waals surface area contributed by atoms with Gasteiger partial charge in [0.2, 0.25) is 0 Å². The Kier molecular flexibility index (Phi) is 26.8. The summed E-state index contributed by atoms with van der Waals surface area (Å²) in [6.45, 7) is 0. The topological polar surface area (TPSA) is 0 Å². The van der Waals surface area contributed by atoms with Crippen molar-refractivity contribution in [3.63, 3.8) is 0 Å². The van der Waals surface area contributed by atoms with E-state index in [4.69, 9.17) is 0 Å². The van der Waals surface area contributed by atoms with Crippen LogP contribution in [0.1, 0.15) is 154 Å². The van der Waals surface area contributed by atoms with Gasteiger partial charge in [0, 0.05) is 0 Å². The molecule has 0 saturated heterocycles. The predicted molar refractivity (Wildman–Crippen MR) is 166 cm³/mol. The highest BCUT2D eigenvalue weighted by Gasteiger charge is 1.96. The van der Waals surface area contributed by atoms with Crippen LogP contribution in [0.25, 0.3) is 0 Å². The maximum Gasteiger partial charge on any atom is -0.0348 e. The largest absolute Gasteiger partial charge is 0.0845 e. The molecule has 0 fully saturated rings. The highest BCUT2D eigenvalue weighted by atomic mass is 14.0. The van der Waals surface area contributed by atoms with Crippen molar-refractivity contribution in [3.8, 4) is 0 Å². The van der Waals surface area contributed by atoms with Gasteiger partial charge in [0.25, 0.3) is 0 Å². The molecule has 36 heavy (non-hydrogen) atoms. The molecule has 0 amide bonds. The van der Waals surface area contributed by atoms with Crippen LogP contribution in [-0.4, -0.2) is 0 Å². The van der Waals surface area contributed by atoms with E-state index in [0.717, 1.165) is 0 Å². The lowest BCUT2D eigenvalue weighted by Gasteiger charge is -2.04. The van der Waals surface area contributed by atoms with Crippen molar-refractivity contribution >= 4 is 0 Å². The van der Waals surface area contributed by atoms with Crippen LogP contribution in [0.4, 0.5) is 0 Å². The summed E-state index contributed by atoms with van der Waals surface area (Å²) in [5.41, 5.74) is 0. The molecule has 0 N–H and O–H groups in total. The zero-order chi connectivity index (χ0) is 25.5. The fraction of sp³-hybridized carbons (Fsp3) is 0.667. The Bertz CT molecular complexity index is 544. The number of hydrogen-bond acceptors (Lipinski definition) is 0. The molecular formula is C36H60. The van der Waals surface area contributed by atoms with E-state index in [1.165, 1.54) is 154 Å². The van der Waals surface area contributed by atoms with Crippen LogP contribution in [0.3, 0.4) is 0 Å². The molecule has 0 bridgehead atoms. The van der Waals surface area contributed by atoms with Crippen molar-refractivity contribution in [2.75, 3.05) is 0 Å². The molecule has 0 radical (unpaired) electrons. The fourth-order valence-electron chi connectivity index (χ4n) is 4.92. The Morgan fingerprint density at radius 2 is 0.333 bits per heavy atom. The van der Waals surface area contributed by atoms with E-state index in [-0.39, 0.29) is 0 Å². The Hall–Kier alpha value is -1.56. The second-order valence-electron chi connectivity index (χ2n) is 10.8.